The summed E-state index contributed by atoms with van der Waals surface area (Å²) in [5, 5.41) is 11.4. The van der Waals surface area contributed by atoms with Crippen molar-refractivity contribution < 1.29 is 24.0 Å². The maximum absolute atomic E-state index is 14.5. The Labute approximate surface area is 260 Å². The molecule has 0 aromatic heterocycles. The fraction of sp³-hybridized carbons (Fsp3) is 0.618. The van der Waals surface area contributed by atoms with E-state index in [-0.39, 0.29) is 47.7 Å². The van der Waals surface area contributed by atoms with Gasteiger partial charge in [0.05, 0.1) is 6.04 Å². The van der Waals surface area contributed by atoms with Crippen LogP contribution in [-0.4, -0.2) is 71.7 Å². The zero-order chi connectivity index (χ0) is 31.6. The molecular formula is C34H47N5O5. The van der Waals surface area contributed by atoms with Crippen LogP contribution in [0.5, 0.6) is 0 Å². The lowest BCUT2D eigenvalue weighted by Crippen LogP contribution is -2.60. The average molecular weight is 606 g/mol. The number of ketones is 1. The van der Waals surface area contributed by atoms with Crippen molar-refractivity contribution in [1.29, 1.82) is 0 Å². The van der Waals surface area contributed by atoms with Gasteiger partial charge < -0.3 is 26.2 Å². The fourth-order valence-corrected chi connectivity index (χ4v) is 7.86. The van der Waals surface area contributed by atoms with Crippen LogP contribution in [0.3, 0.4) is 0 Å². The van der Waals surface area contributed by atoms with Crippen LogP contribution in [0, 0.1) is 23.2 Å². The molecule has 3 aliphatic carbocycles. The van der Waals surface area contributed by atoms with Gasteiger partial charge in [-0.25, -0.2) is 4.79 Å². The minimum absolute atomic E-state index is 0.0767. The van der Waals surface area contributed by atoms with E-state index < -0.39 is 35.7 Å². The van der Waals surface area contributed by atoms with Crippen molar-refractivity contribution in [2.45, 2.75) is 96.3 Å². The van der Waals surface area contributed by atoms with E-state index in [9.17, 15) is 24.0 Å². The molecule has 4 N–H and O–H groups in total. The van der Waals surface area contributed by atoms with Crippen LogP contribution in [-0.2, 0) is 32.0 Å². The predicted molar refractivity (Wildman–Crippen MR) is 166 cm³/mol. The normalized spacial score (nSPS) is 24.9. The summed E-state index contributed by atoms with van der Waals surface area (Å²) in [5.74, 6) is -2.27. The highest BCUT2D eigenvalue weighted by atomic mass is 16.2. The van der Waals surface area contributed by atoms with Gasteiger partial charge in [0, 0.05) is 19.1 Å². The molecule has 2 saturated carbocycles. The molecule has 0 spiro atoms. The lowest BCUT2D eigenvalue weighted by Gasteiger charge is -2.35. The van der Waals surface area contributed by atoms with Crippen molar-refractivity contribution in [1.82, 2.24) is 26.2 Å². The zero-order valence-electron chi connectivity index (χ0n) is 26.2. The van der Waals surface area contributed by atoms with Gasteiger partial charge in [-0.05, 0) is 66.4 Å². The number of amides is 5. The van der Waals surface area contributed by atoms with Crippen molar-refractivity contribution in [3.63, 3.8) is 0 Å². The Bertz CT molecular complexity index is 1280. The van der Waals surface area contributed by atoms with Gasteiger partial charge in [0.2, 0.25) is 17.6 Å². The molecule has 3 fully saturated rings. The Hall–Kier alpha value is -3.69. The van der Waals surface area contributed by atoms with Crippen LogP contribution in [0.25, 0.3) is 0 Å². The van der Waals surface area contributed by atoms with Gasteiger partial charge in [0.15, 0.2) is 0 Å². The minimum Gasteiger partial charge on any atom is -0.346 e. The Balaban J connectivity index is 1.36. The van der Waals surface area contributed by atoms with Crippen LogP contribution in [0.15, 0.2) is 36.9 Å². The second kappa shape index (κ2) is 13.1. The molecule has 44 heavy (non-hydrogen) atoms. The first-order valence-corrected chi connectivity index (χ1v) is 16.2. The van der Waals surface area contributed by atoms with E-state index in [1.54, 1.807) is 4.90 Å². The first-order valence-electron chi connectivity index (χ1n) is 16.2. The topological polar surface area (TPSA) is 137 Å². The first-order chi connectivity index (χ1) is 21.1. The van der Waals surface area contributed by atoms with E-state index in [0.717, 1.165) is 25.7 Å². The Morgan fingerprint density at radius 3 is 2.32 bits per heavy atom. The van der Waals surface area contributed by atoms with Gasteiger partial charge in [-0.3, -0.25) is 19.2 Å². The lowest BCUT2D eigenvalue weighted by atomic mass is 9.93. The third-order valence-electron chi connectivity index (χ3n) is 10.4. The van der Waals surface area contributed by atoms with E-state index in [0.29, 0.717) is 32.2 Å². The molecule has 4 aliphatic rings. The molecule has 5 rings (SSSR count). The summed E-state index contributed by atoms with van der Waals surface area (Å²) in [4.78, 5) is 68.8. The summed E-state index contributed by atoms with van der Waals surface area (Å²) in [5.41, 5.74) is 2.20. The standard InChI is InChI=1S/C34H47N5O5/c1-5-11-25(29(40)31(42)35-16-6-2)37-30(41)28-26-24(34(26,3)4)19-39(28)32(43)27(38-33(44)36-23-14-9-10-15-23)22-17-20-12-7-8-13-21(20)18-22/h6-8,12-13,22-28H,2,5,9-11,14-19H2,1,3-4H3,(H,35,42)(H,37,41)(H2,36,38,44)/t24?,25?,26?,27-,28-/m0/s1. The molecule has 238 valence electrons. The smallest absolute Gasteiger partial charge is 0.315 e. The number of fused-ring (bicyclic) bond motifs is 2. The van der Waals surface area contributed by atoms with Crippen molar-refractivity contribution in [3.8, 4) is 0 Å². The molecule has 1 saturated heterocycles. The third-order valence-corrected chi connectivity index (χ3v) is 10.4. The number of nitrogens with one attached hydrogen (secondary N) is 4. The number of Topliss-reactive ketones (excluding diaryl/α,β-unsaturated/α-hetero) is 1. The molecule has 5 amide bonds. The summed E-state index contributed by atoms with van der Waals surface area (Å²) in [6.07, 6.45) is 7.69. The van der Waals surface area contributed by atoms with Crippen molar-refractivity contribution in [2.24, 2.45) is 23.2 Å². The Morgan fingerprint density at radius 1 is 1.05 bits per heavy atom. The number of benzene rings is 1. The second-order valence-corrected chi connectivity index (χ2v) is 13.6. The number of nitrogens with zero attached hydrogens (tertiary/aromatic N) is 1. The van der Waals surface area contributed by atoms with Crippen LogP contribution >= 0.6 is 0 Å². The number of carbonyl (C=O) groups excluding carboxylic acids is 5. The Kier molecular flexibility index (Phi) is 9.46. The molecule has 0 radical (unpaired) electrons. The SMILES string of the molecule is C=CCNC(=O)C(=O)C(CCC)NC(=O)[C@@H]1C2C(CN1C(=O)[C@@H](NC(=O)NC1CCCC1)C1Cc3ccccc3C1)C2(C)C. The summed E-state index contributed by atoms with van der Waals surface area (Å²) < 4.78 is 0. The number of piperidine rings is 1. The summed E-state index contributed by atoms with van der Waals surface area (Å²) in [7, 11) is 0. The molecule has 0 bridgehead atoms. The first kappa shape index (κ1) is 31.7. The Morgan fingerprint density at radius 2 is 1.70 bits per heavy atom. The number of carbonyl (C=O) groups is 5. The predicted octanol–water partition coefficient (Wildman–Crippen LogP) is 2.65. The lowest BCUT2D eigenvalue weighted by molar-refractivity contribution is -0.144. The summed E-state index contributed by atoms with van der Waals surface area (Å²) in [6.45, 7) is 10.2. The van der Waals surface area contributed by atoms with Crippen LogP contribution in [0.2, 0.25) is 0 Å². The van der Waals surface area contributed by atoms with Gasteiger partial charge in [0.1, 0.15) is 12.1 Å². The van der Waals surface area contributed by atoms with Crippen LogP contribution < -0.4 is 21.3 Å². The van der Waals surface area contributed by atoms with Crippen molar-refractivity contribution in [2.75, 3.05) is 13.1 Å². The molecule has 1 aromatic rings. The van der Waals surface area contributed by atoms with Gasteiger partial charge >= 0.3 is 6.03 Å². The summed E-state index contributed by atoms with van der Waals surface area (Å²) >= 11 is 0. The summed E-state index contributed by atoms with van der Waals surface area (Å²) in [6, 6.07) is 5.25. The molecule has 1 aliphatic heterocycles. The van der Waals surface area contributed by atoms with Gasteiger partial charge in [0.25, 0.3) is 5.91 Å². The minimum atomic E-state index is -0.995. The molecule has 10 nitrogen and oxygen atoms in total. The molecule has 10 heteroatoms. The maximum Gasteiger partial charge on any atom is 0.315 e. The van der Waals surface area contributed by atoms with Crippen molar-refractivity contribution >= 4 is 29.5 Å². The molecule has 5 atom stereocenters. The number of hydrogen-bond donors (Lipinski definition) is 4. The van der Waals surface area contributed by atoms with E-state index in [1.807, 2.05) is 19.1 Å². The average Bonchev–Trinajstić information content (AvgIpc) is 3.57. The third kappa shape index (κ3) is 6.40. The van der Waals surface area contributed by atoms with Crippen LogP contribution in [0.1, 0.15) is 70.4 Å². The van der Waals surface area contributed by atoms with E-state index in [2.05, 4.69) is 53.8 Å². The largest absolute Gasteiger partial charge is 0.346 e. The zero-order valence-corrected chi connectivity index (χ0v) is 26.2. The highest BCUT2D eigenvalue weighted by molar-refractivity contribution is 6.38. The molecule has 3 unspecified atom stereocenters. The van der Waals surface area contributed by atoms with Gasteiger partial charge in [-0.15, -0.1) is 6.58 Å². The molecule has 1 aromatic carbocycles. The van der Waals surface area contributed by atoms with E-state index >= 15 is 0 Å². The molecule has 1 heterocycles. The van der Waals surface area contributed by atoms with Crippen molar-refractivity contribution in [3.05, 3.63) is 48.0 Å². The van der Waals surface area contributed by atoms with Gasteiger partial charge in [-0.2, -0.15) is 0 Å². The maximum atomic E-state index is 14.5. The number of hydrogen-bond acceptors (Lipinski definition) is 5. The number of likely N-dealkylation sites (tertiary alicyclic amines) is 1. The highest BCUT2D eigenvalue weighted by Crippen LogP contribution is 2.65. The fourth-order valence-electron chi connectivity index (χ4n) is 7.86. The number of rotatable bonds is 12. The van der Waals surface area contributed by atoms with Crippen LogP contribution in [0.4, 0.5) is 4.79 Å². The highest BCUT2D eigenvalue weighted by Gasteiger charge is 2.69. The number of urea groups is 1. The van der Waals surface area contributed by atoms with E-state index in [4.69, 9.17) is 0 Å². The molecular weight excluding hydrogens is 558 g/mol. The monoisotopic (exact) mass is 605 g/mol. The van der Waals surface area contributed by atoms with E-state index in [1.165, 1.54) is 17.2 Å². The second-order valence-electron chi connectivity index (χ2n) is 13.6. The quantitative estimate of drug-likeness (QED) is 0.215. The van der Waals surface area contributed by atoms with Gasteiger partial charge in [-0.1, -0.05) is 70.4 Å².